The lowest BCUT2D eigenvalue weighted by atomic mass is 10.1. The van der Waals surface area contributed by atoms with Crippen LogP contribution in [0.25, 0.3) is 10.9 Å². The quantitative estimate of drug-likeness (QED) is 0.509. The number of aromatic hydroxyl groups is 1. The second-order valence-electron chi connectivity index (χ2n) is 4.01. The number of carbonyl (C=O) groups excluding carboxylic acids is 1. The van der Waals surface area contributed by atoms with E-state index in [1.54, 1.807) is 24.4 Å². The van der Waals surface area contributed by atoms with E-state index in [-0.39, 0.29) is 5.75 Å². The van der Waals surface area contributed by atoms with Crippen LogP contribution in [0.3, 0.4) is 0 Å². The summed E-state index contributed by atoms with van der Waals surface area (Å²) < 4.78 is 4.67. The minimum atomic E-state index is -0.719. The van der Waals surface area contributed by atoms with Crippen LogP contribution in [0.2, 0.25) is 0 Å². The Morgan fingerprint density at radius 1 is 1.63 bits per heavy atom. The van der Waals surface area contributed by atoms with E-state index in [0.717, 1.165) is 16.5 Å². The van der Waals surface area contributed by atoms with Crippen LogP contribution in [-0.2, 0) is 16.0 Å². The van der Waals surface area contributed by atoms with Crippen LogP contribution in [0.15, 0.2) is 29.4 Å². The van der Waals surface area contributed by atoms with Crippen LogP contribution in [-0.4, -0.2) is 34.4 Å². The molecule has 0 saturated carbocycles. The predicted molar refractivity (Wildman–Crippen MR) is 74.5 cm³/mol. The third kappa shape index (κ3) is 2.81. The first-order valence-corrected chi connectivity index (χ1v) is 6.00. The van der Waals surface area contributed by atoms with Crippen molar-refractivity contribution in [1.82, 2.24) is 4.98 Å². The van der Waals surface area contributed by atoms with Gasteiger partial charge in [0.2, 0.25) is 0 Å². The van der Waals surface area contributed by atoms with E-state index in [4.69, 9.17) is 0 Å². The van der Waals surface area contributed by atoms with Crippen molar-refractivity contribution in [3.05, 3.63) is 30.0 Å². The molecule has 2 N–H and O–H groups in total. The molecule has 1 unspecified atom stereocenters. The molecule has 5 nitrogen and oxygen atoms in total. The number of thiocarbonyl (C=S) groups is 1. The number of aromatic nitrogens is 1. The summed E-state index contributed by atoms with van der Waals surface area (Å²) in [4.78, 5) is 18.5. The maximum Gasteiger partial charge on any atom is 0.331 e. The summed E-state index contributed by atoms with van der Waals surface area (Å²) in [6, 6.07) is 4.28. The standard InChI is InChI=1S/C13H12N2O3S/c1-18-13(17)12(15-7-19)4-8-6-14-11-3-2-9(16)5-10(8)11/h2-3,5-6,12,14,16H,4H2,1H3. The van der Waals surface area contributed by atoms with Crippen molar-refractivity contribution in [3.63, 3.8) is 0 Å². The molecule has 19 heavy (non-hydrogen) atoms. The molecular weight excluding hydrogens is 264 g/mol. The fourth-order valence-electron chi connectivity index (χ4n) is 1.92. The van der Waals surface area contributed by atoms with Crippen LogP contribution < -0.4 is 0 Å². The van der Waals surface area contributed by atoms with Crippen molar-refractivity contribution >= 4 is 34.3 Å². The molecule has 2 rings (SSSR count). The largest absolute Gasteiger partial charge is 0.508 e. The normalized spacial score (nSPS) is 11.8. The number of fused-ring (bicyclic) bond motifs is 1. The lowest BCUT2D eigenvalue weighted by Crippen LogP contribution is -2.22. The molecular formula is C13H12N2O3S. The number of ether oxygens (including phenoxy) is 1. The number of aromatic amines is 1. The molecule has 0 aliphatic carbocycles. The van der Waals surface area contributed by atoms with Gasteiger partial charge in [-0.3, -0.25) is 0 Å². The summed E-state index contributed by atoms with van der Waals surface area (Å²) in [5.74, 6) is -0.298. The molecule has 0 saturated heterocycles. The van der Waals surface area contributed by atoms with Gasteiger partial charge in [0.15, 0.2) is 6.04 Å². The lowest BCUT2D eigenvalue weighted by Gasteiger charge is -2.07. The Bertz CT molecular complexity index is 659. The molecule has 6 heteroatoms. The number of esters is 1. The van der Waals surface area contributed by atoms with Gasteiger partial charge in [0, 0.05) is 23.5 Å². The zero-order chi connectivity index (χ0) is 13.8. The number of phenols is 1. The minimum Gasteiger partial charge on any atom is -0.508 e. The zero-order valence-corrected chi connectivity index (χ0v) is 11.0. The Kier molecular flexibility index (Phi) is 3.94. The van der Waals surface area contributed by atoms with Gasteiger partial charge in [0.25, 0.3) is 0 Å². The molecule has 0 bridgehead atoms. The fourth-order valence-corrected chi connectivity index (χ4v) is 2.05. The third-order valence-electron chi connectivity index (χ3n) is 2.85. The summed E-state index contributed by atoms with van der Waals surface area (Å²) in [5.41, 5.74) is 1.73. The number of hydrogen-bond acceptors (Lipinski definition) is 5. The first-order chi connectivity index (χ1) is 9.15. The number of methoxy groups -OCH3 is 1. The van der Waals surface area contributed by atoms with Gasteiger partial charge < -0.3 is 14.8 Å². The van der Waals surface area contributed by atoms with Crippen molar-refractivity contribution in [1.29, 1.82) is 0 Å². The average molecular weight is 276 g/mol. The van der Waals surface area contributed by atoms with E-state index in [0.29, 0.717) is 6.42 Å². The number of phenolic OH excluding ortho intramolecular Hbond substituents is 1. The Balaban J connectivity index is 2.36. The fraction of sp³-hybridized carbons (Fsp3) is 0.231. The highest BCUT2D eigenvalue weighted by Gasteiger charge is 2.20. The van der Waals surface area contributed by atoms with E-state index in [9.17, 15) is 9.90 Å². The summed E-state index contributed by atoms with van der Waals surface area (Å²) in [5, 5.41) is 12.6. The van der Waals surface area contributed by atoms with Crippen molar-refractivity contribution in [2.75, 3.05) is 7.11 Å². The molecule has 2 aromatic rings. The maximum atomic E-state index is 11.6. The second kappa shape index (κ2) is 5.65. The summed E-state index contributed by atoms with van der Waals surface area (Å²) in [6.45, 7) is 0. The smallest absolute Gasteiger partial charge is 0.331 e. The van der Waals surface area contributed by atoms with Crippen LogP contribution in [0.1, 0.15) is 5.56 Å². The van der Waals surface area contributed by atoms with Gasteiger partial charge >= 0.3 is 5.97 Å². The second-order valence-corrected chi connectivity index (χ2v) is 4.19. The molecule has 1 atom stereocenters. The highest BCUT2D eigenvalue weighted by molar-refractivity contribution is 7.78. The van der Waals surface area contributed by atoms with Crippen LogP contribution >= 0.6 is 12.2 Å². The van der Waals surface area contributed by atoms with Gasteiger partial charge in [0.1, 0.15) is 5.75 Å². The van der Waals surface area contributed by atoms with E-state index in [2.05, 4.69) is 32.1 Å². The lowest BCUT2D eigenvalue weighted by molar-refractivity contribution is -0.142. The van der Waals surface area contributed by atoms with Crippen molar-refractivity contribution < 1.29 is 14.6 Å². The number of rotatable bonds is 4. The molecule has 1 heterocycles. The molecule has 0 amide bonds. The van der Waals surface area contributed by atoms with Crippen molar-refractivity contribution in [2.45, 2.75) is 12.5 Å². The minimum absolute atomic E-state index is 0.168. The Hall–Kier alpha value is -2.17. The molecule has 1 aromatic heterocycles. The van der Waals surface area contributed by atoms with Gasteiger partial charge in [-0.1, -0.05) is 0 Å². The average Bonchev–Trinajstić information content (AvgIpc) is 2.80. The summed E-state index contributed by atoms with van der Waals surface area (Å²) in [7, 11) is 1.30. The highest BCUT2D eigenvalue weighted by atomic mass is 32.1. The summed E-state index contributed by atoms with van der Waals surface area (Å²) in [6.07, 6.45) is 2.11. The van der Waals surface area contributed by atoms with Gasteiger partial charge in [-0.2, -0.15) is 0 Å². The number of H-pyrrole nitrogens is 1. The van der Waals surface area contributed by atoms with Gasteiger partial charge in [-0.05, 0) is 36.0 Å². The van der Waals surface area contributed by atoms with Crippen molar-refractivity contribution in [3.8, 4) is 5.75 Å². The van der Waals surface area contributed by atoms with Gasteiger partial charge in [-0.15, -0.1) is 0 Å². The Morgan fingerprint density at radius 3 is 3.11 bits per heavy atom. The predicted octanol–water partition coefficient (Wildman–Crippen LogP) is 2.06. The number of isothiocyanates is 1. The number of nitrogens with zero attached hydrogens (tertiary/aromatic N) is 1. The van der Waals surface area contributed by atoms with E-state index in [1.165, 1.54) is 7.11 Å². The Labute approximate surface area is 114 Å². The maximum absolute atomic E-state index is 11.6. The first-order valence-electron chi connectivity index (χ1n) is 5.59. The molecule has 0 fully saturated rings. The molecule has 0 spiro atoms. The molecule has 0 aliphatic rings. The number of carbonyl (C=O) groups is 1. The number of nitrogens with one attached hydrogen (secondary N) is 1. The molecule has 0 radical (unpaired) electrons. The summed E-state index contributed by atoms with van der Waals surface area (Å²) >= 11 is 4.54. The number of aliphatic imine (C=N–C) groups is 1. The van der Waals surface area contributed by atoms with Crippen molar-refractivity contribution in [2.24, 2.45) is 4.99 Å². The molecule has 0 aliphatic heterocycles. The highest BCUT2D eigenvalue weighted by Crippen LogP contribution is 2.24. The molecule has 98 valence electrons. The monoisotopic (exact) mass is 276 g/mol. The number of benzene rings is 1. The van der Waals surface area contributed by atoms with Crippen LogP contribution in [0.5, 0.6) is 5.75 Å². The topological polar surface area (TPSA) is 74.7 Å². The van der Waals surface area contributed by atoms with Gasteiger partial charge in [0.05, 0.1) is 12.3 Å². The number of hydrogen-bond donors (Lipinski definition) is 2. The molecule has 1 aromatic carbocycles. The van der Waals surface area contributed by atoms with E-state index >= 15 is 0 Å². The van der Waals surface area contributed by atoms with Crippen LogP contribution in [0, 0.1) is 0 Å². The zero-order valence-electron chi connectivity index (χ0n) is 10.2. The van der Waals surface area contributed by atoms with Gasteiger partial charge in [-0.25, -0.2) is 9.79 Å². The first kappa shape index (κ1) is 13.3. The van der Waals surface area contributed by atoms with E-state index in [1.807, 2.05) is 0 Å². The third-order valence-corrected chi connectivity index (χ3v) is 2.95. The van der Waals surface area contributed by atoms with Crippen LogP contribution in [0.4, 0.5) is 0 Å². The SMILES string of the molecule is COC(=O)C(Cc1c[nH]c2ccc(O)cc12)N=C=S. The van der Waals surface area contributed by atoms with E-state index < -0.39 is 12.0 Å². The Morgan fingerprint density at radius 2 is 2.42 bits per heavy atom.